The number of hydrogen-bond donors (Lipinski definition) is 0. The third-order valence-electron chi connectivity index (χ3n) is 7.59. The maximum Gasteiger partial charge on any atom is 0.250 e. The zero-order valence-electron chi connectivity index (χ0n) is 21.0. The van der Waals surface area contributed by atoms with Crippen LogP contribution in [-0.4, -0.2) is 24.7 Å². The zero-order valence-corrected chi connectivity index (χ0v) is 21.0. The largest absolute Gasteiger partial charge is 0.475 e. The van der Waals surface area contributed by atoms with Gasteiger partial charge in [-0.1, -0.05) is 47.6 Å². The van der Waals surface area contributed by atoms with Crippen LogP contribution in [0.2, 0.25) is 0 Å². The molecule has 0 amide bonds. The smallest absolute Gasteiger partial charge is 0.250 e. The van der Waals surface area contributed by atoms with Crippen molar-refractivity contribution in [3.05, 3.63) is 53.2 Å². The number of pyridine rings is 1. The summed E-state index contributed by atoms with van der Waals surface area (Å²) in [7, 11) is 0. The molecule has 2 aliphatic rings. The van der Waals surface area contributed by atoms with E-state index in [4.69, 9.17) is 4.74 Å². The summed E-state index contributed by atoms with van der Waals surface area (Å²) in [5, 5.41) is 0. The highest BCUT2D eigenvalue weighted by molar-refractivity contribution is 5.52. The lowest BCUT2D eigenvalue weighted by Crippen LogP contribution is -2.24. The van der Waals surface area contributed by atoms with Gasteiger partial charge in [-0.15, -0.1) is 0 Å². The molecule has 3 nitrogen and oxygen atoms in total. The van der Waals surface area contributed by atoms with Crippen molar-refractivity contribution in [1.29, 1.82) is 0 Å². The number of benzene rings is 1. The van der Waals surface area contributed by atoms with Gasteiger partial charge in [0.1, 0.15) is 5.82 Å². The van der Waals surface area contributed by atoms with Gasteiger partial charge in [0, 0.05) is 29.6 Å². The summed E-state index contributed by atoms with van der Waals surface area (Å²) in [6, 6.07) is 8.78. The Morgan fingerprint density at radius 3 is 2.36 bits per heavy atom. The van der Waals surface area contributed by atoms with E-state index in [0.717, 1.165) is 50.2 Å². The Labute approximate surface area is 197 Å². The highest BCUT2D eigenvalue weighted by Gasteiger charge is 2.52. The van der Waals surface area contributed by atoms with Crippen LogP contribution in [0.15, 0.2) is 30.3 Å². The summed E-state index contributed by atoms with van der Waals surface area (Å²) in [5.74, 6) is 0.0296. The van der Waals surface area contributed by atoms with Gasteiger partial charge in [0.15, 0.2) is 5.82 Å². The van der Waals surface area contributed by atoms with E-state index in [1.54, 1.807) is 12.1 Å². The minimum atomic E-state index is -0.412. The molecule has 33 heavy (non-hydrogen) atoms. The Bertz CT molecular complexity index is 1010. The summed E-state index contributed by atoms with van der Waals surface area (Å²) in [6.45, 7) is 15.2. The third kappa shape index (κ3) is 5.17. The first-order valence-corrected chi connectivity index (χ1v) is 12.2. The van der Waals surface area contributed by atoms with Gasteiger partial charge in [0.25, 0.3) is 5.88 Å². The number of hydrogen-bond acceptors (Lipinski definition) is 3. The zero-order chi connectivity index (χ0) is 24.0. The number of aromatic nitrogens is 1. The second-order valence-electron chi connectivity index (χ2n) is 12.0. The minimum Gasteiger partial charge on any atom is -0.475 e. The molecule has 2 heterocycles. The first kappa shape index (κ1) is 24.0. The summed E-state index contributed by atoms with van der Waals surface area (Å²) in [6.07, 6.45) is 4.27. The molecule has 1 aromatic carbocycles. The Hall–Kier alpha value is -2.17. The van der Waals surface area contributed by atoms with E-state index >= 15 is 0 Å². The van der Waals surface area contributed by atoms with Crippen LogP contribution in [0.4, 0.5) is 14.5 Å². The molecule has 1 aliphatic carbocycles. The van der Waals surface area contributed by atoms with Gasteiger partial charge in [-0.05, 0) is 66.8 Å². The van der Waals surface area contributed by atoms with Gasteiger partial charge in [-0.2, -0.15) is 0 Å². The lowest BCUT2D eigenvalue weighted by molar-refractivity contribution is 0.208. The normalized spacial score (nSPS) is 23.2. The van der Waals surface area contributed by atoms with Crippen molar-refractivity contribution in [2.24, 2.45) is 11.3 Å². The maximum absolute atomic E-state index is 14.5. The predicted octanol–water partition coefficient (Wildman–Crippen LogP) is 7.03. The standard InChI is InChI=1S/C28H38F2N2O/c1-26(2,3)24-12-11-22(30)25(31-24)33-18-28(6)17-20(28)16-27(4,5)19-9-10-21(29)23(15-19)32-13-7-8-14-32/h9-12,15,20H,7-8,13-14,16-18H2,1-6H3. The van der Waals surface area contributed by atoms with Crippen LogP contribution in [0.3, 0.4) is 0 Å². The average molecular weight is 457 g/mol. The second-order valence-corrected chi connectivity index (χ2v) is 12.0. The van der Waals surface area contributed by atoms with Crippen LogP contribution in [0.5, 0.6) is 5.88 Å². The second kappa shape index (κ2) is 8.56. The van der Waals surface area contributed by atoms with Crippen molar-refractivity contribution in [3.8, 4) is 5.88 Å². The molecule has 2 unspecified atom stereocenters. The number of anilines is 1. The van der Waals surface area contributed by atoms with Crippen LogP contribution in [0.25, 0.3) is 0 Å². The SMILES string of the molecule is CC(C)(C)c1ccc(F)c(OCC2(C)CC2CC(C)(C)c2ccc(F)c(N3CCCC3)c2)n1. The predicted molar refractivity (Wildman–Crippen MR) is 130 cm³/mol. The molecule has 2 atom stereocenters. The van der Waals surface area contributed by atoms with E-state index in [2.05, 4.69) is 51.4 Å². The van der Waals surface area contributed by atoms with Gasteiger partial charge >= 0.3 is 0 Å². The van der Waals surface area contributed by atoms with Gasteiger partial charge in [-0.25, -0.2) is 13.8 Å². The van der Waals surface area contributed by atoms with E-state index in [9.17, 15) is 8.78 Å². The molecule has 0 spiro atoms. The van der Waals surface area contributed by atoms with E-state index in [-0.39, 0.29) is 27.9 Å². The summed E-state index contributed by atoms with van der Waals surface area (Å²) in [4.78, 5) is 6.60. The molecule has 4 rings (SSSR count). The fourth-order valence-corrected chi connectivity index (χ4v) is 5.04. The Balaban J connectivity index is 1.41. The molecule has 5 heteroatoms. The number of nitrogens with zero attached hydrogens (tertiary/aromatic N) is 2. The van der Waals surface area contributed by atoms with Crippen molar-refractivity contribution in [3.63, 3.8) is 0 Å². The Kier molecular flexibility index (Phi) is 6.22. The summed E-state index contributed by atoms with van der Waals surface area (Å²) >= 11 is 0. The lowest BCUT2D eigenvalue weighted by Gasteiger charge is -2.29. The quantitative estimate of drug-likeness (QED) is 0.447. The highest BCUT2D eigenvalue weighted by atomic mass is 19.1. The van der Waals surface area contributed by atoms with Crippen molar-refractivity contribution in [1.82, 2.24) is 4.98 Å². The Morgan fingerprint density at radius 2 is 1.70 bits per heavy atom. The summed E-state index contributed by atoms with van der Waals surface area (Å²) < 4.78 is 34.7. The highest BCUT2D eigenvalue weighted by Crippen LogP contribution is 2.57. The molecule has 1 saturated heterocycles. The van der Waals surface area contributed by atoms with Crippen LogP contribution in [0.1, 0.15) is 78.5 Å². The number of halogens is 2. The molecule has 0 radical (unpaired) electrons. The van der Waals surface area contributed by atoms with Crippen LogP contribution in [-0.2, 0) is 10.8 Å². The van der Waals surface area contributed by atoms with Gasteiger partial charge < -0.3 is 9.64 Å². The first-order valence-electron chi connectivity index (χ1n) is 12.2. The van der Waals surface area contributed by atoms with Crippen molar-refractivity contribution in [2.75, 3.05) is 24.6 Å². The molecular weight excluding hydrogens is 418 g/mol. The fraction of sp³-hybridized carbons (Fsp3) is 0.607. The number of rotatable bonds is 7. The van der Waals surface area contributed by atoms with Crippen molar-refractivity contribution >= 4 is 5.69 Å². The summed E-state index contributed by atoms with van der Waals surface area (Å²) in [5.41, 5.74) is 2.49. The molecule has 2 aromatic rings. The van der Waals surface area contributed by atoms with Crippen LogP contribution < -0.4 is 9.64 Å². The third-order valence-corrected chi connectivity index (χ3v) is 7.59. The maximum atomic E-state index is 14.5. The molecule has 1 saturated carbocycles. The van der Waals surface area contributed by atoms with E-state index in [0.29, 0.717) is 12.5 Å². The molecule has 180 valence electrons. The van der Waals surface area contributed by atoms with E-state index < -0.39 is 5.82 Å². The average Bonchev–Trinajstić information content (AvgIpc) is 3.12. The van der Waals surface area contributed by atoms with Crippen LogP contribution >= 0.6 is 0 Å². The van der Waals surface area contributed by atoms with Crippen LogP contribution in [0, 0.1) is 23.0 Å². The monoisotopic (exact) mass is 456 g/mol. The molecular formula is C28H38F2N2O. The topological polar surface area (TPSA) is 25.4 Å². The Morgan fingerprint density at radius 1 is 1.03 bits per heavy atom. The minimum absolute atomic E-state index is 0.000933. The van der Waals surface area contributed by atoms with Gasteiger partial charge in [-0.3, -0.25) is 0 Å². The number of ether oxygens (including phenoxy) is 1. The lowest BCUT2D eigenvalue weighted by atomic mass is 9.78. The van der Waals surface area contributed by atoms with E-state index in [1.165, 1.54) is 11.6 Å². The van der Waals surface area contributed by atoms with Crippen molar-refractivity contribution < 1.29 is 13.5 Å². The molecule has 0 N–H and O–H groups in total. The molecule has 2 fully saturated rings. The molecule has 0 bridgehead atoms. The molecule has 1 aromatic heterocycles. The molecule has 1 aliphatic heterocycles. The fourth-order valence-electron chi connectivity index (χ4n) is 5.04. The van der Waals surface area contributed by atoms with E-state index in [1.807, 2.05) is 12.1 Å². The van der Waals surface area contributed by atoms with Gasteiger partial charge in [0.05, 0.1) is 12.3 Å². The van der Waals surface area contributed by atoms with Gasteiger partial charge in [0.2, 0.25) is 0 Å². The first-order chi connectivity index (χ1) is 15.4. The van der Waals surface area contributed by atoms with Crippen molar-refractivity contribution in [2.45, 2.75) is 78.1 Å².